The summed E-state index contributed by atoms with van der Waals surface area (Å²) in [6.07, 6.45) is 0.614. The van der Waals surface area contributed by atoms with Gasteiger partial charge in [0.15, 0.2) is 28.9 Å². The molecule has 0 bridgehead atoms. The molecular formula is C19H17F2NO4. The second-order valence-electron chi connectivity index (χ2n) is 5.81. The van der Waals surface area contributed by atoms with Crippen LogP contribution in [0.15, 0.2) is 36.4 Å². The van der Waals surface area contributed by atoms with E-state index >= 15 is 0 Å². The lowest BCUT2D eigenvalue weighted by Crippen LogP contribution is -2.16. The molecule has 1 aliphatic heterocycles. The smallest absolute Gasteiger partial charge is 0.224 e. The molecular weight excluding hydrogens is 344 g/mol. The first-order valence-corrected chi connectivity index (χ1v) is 8.20. The van der Waals surface area contributed by atoms with Crippen molar-refractivity contribution in [1.29, 1.82) is 0 Å². The summed E-state index contributed by atoms with van der Waals surface area (Å²) in [6.45, 7) is 0.919. The predicted octanol–water partition coefficient (Wildman–Crippen LogP) is 3.73. The van der Waals surface area contributed by atoms with Gasteiger partial charge < -0.3 is 14.8 Å². The van der Waals surface area contributed by atoms with Crippen molar-refractivity contribution in [3.8, 4) is 11.5 Å². The predicted molar refractivity (Wildman–Crippen MR) is 90.6 cm³/mol. The molecule has 2 aromatic rings. The van der Waals surface area contributed by atoms with Gasteiger partial charge in [0.25, 0.3) is 0 Å². The van der Waals surface area contributed by atoms with Crippen molar-refractivity contribution in [2.75, 3.05) is 18.5 Å². The fourth-order valence-corrected chi connectivity index (χ4v) is 2.57. The minimum absolute atomic E-state index is 0.0925. The van der Waals surface area contributed by atoms with E-state index in [1.165, 1.54) is 6.07 Å². The van der Waals surface area contributed by atoms with Gasteiger partial charge in [-0.2, -0.15) is 0 Å². The molecule has 0 saturated heterocycles. The Kier molecular flexibility index (Phi) is 5.46. The first-order valence-electron chi connectivity index (χ1n) is 8.20. The van der Waals surface area contributed by atoms with Crippen molar-refractivity contribution >= 4 is 17.4 Å². The maximum Gasteiger partial charge on any atom is 0.224 e. The average molecular weight is 361 g/mol. The first kappa shape index (κ1) is 17.8. The van der Waals surface area contributed by atoms with Crippen LogP contribution >= 0.6 is 0 Å². The van der Waals surface area contributed by atoms with E-state index in [-0.39, 0.29) is 30.2 Å². The lowest BCUT2D eigenvalue weighted by atomic mass is 10.0. The van der Waals surface area contributed by atoms with Gasteiger partial charge in [-0.15, -0.1) is 0 Å². The highest BCUT2D eigenvalue weighted by Gasteiger charge is 2.15. The van der Waals surface area contributed by atoms with Crippen molar-refractivity contribution in [1.82, 2.24) is 0 Å². The topological polar surface area (TPSA) is 64.6 Å². The summed E-state index contributed by atoms with van der Waals surface area (Å²) in [5.74, 6) is -1.34. The Morgan fingerprint density at radius 2 is 1.69 bits per heavy atom. The fourth-order valence-electron chi connectivity index (χ4n) is 2.57. The van der Waals surface area contributed by atoms with Crippen LogP contribution in [0.3, 0.4) is 0 Å². The Bertz CT molecular complexity index is 838. The number of halogens is 2. The van der Waals surface area contributed by atoms with Crippen molar-refractivity contribution in [2.45, 2.75) is 19.3 Å². The zero-order valence-electron chi connectivity index (χ0n) is 13.9. The van der Waals surface area contributed by atoms with E-state index in [1.807, 2.05) is 0 Å². The summed E-state index contributed by atoms with van der Waals surface area (Å²) in [4.78, 5) is 24.1. The maximum atomic E-state index is 13.1. The molecule has 0 radical (unpaired) electrons. The quantitative estimate of drug-likeness (QED) is 0.797. The van der Waals surface area contributed by atoms with Gasteiger partial charge in [-0.25, -0.2) is 8.78 Å². The van der Waals surface area contributed by atoms with Crippen molar-refractivity contribution in [3.05, 3.63) is 53.6 Å². The van der Waals surface area contributed by atoms with Gasteiger partial charge in [-0.05, 0) is 36.8 Å². The molecule has 1 heterocycles. The third-order valence-electron chi connectivity index (χ3n) is 3.88. The number of fused-ring (bicyclic) bond motifs is 1. The molecule has 5 nitrogen and oxygen atoms in total. The zero-order valence-corrected chi connectivity index (χ0v) is 13.9. The van der Waals surface area contributed by atoms with Gasteiger partial charge in [0, 0.05) is 30.2 Å². The number of hydrogen-bond acceptors (Lipinski definition) is 4. The summed E-state index contributed by atoms with van der Waals surface area (Å²) < 4.78 is 36.8. The largest absolute Gasteiger partial charge is 0.486 e. The SMILES string of the molecule is O=C(CCCC(=O)c1ccc2c(c1)OCCO2)Nc1ccc(F)c(F)c1. The number of rotatable bonds is 6. The third kappa shape index (κ3) is 4.36. The van der Waals surface area contributed by atoms with Crippen LogP contribution in [0.25, 0.3) is 0 Å². The average Bonchev–Trinajstić information content (AvgIpc) is 2.64. The third-order valence-corrected chi connectivity index (χ3v) is 3.88. The van der Waals surface area contributed by atoms with Crippen LogP contribution in [0, 0.1) is 11.6 Å². The number of anilines is 1. The first-order chi connectivity index (χ1) is 12.5. The van der Waals surface area contributed by atoms with Gasteiger partial charge in [0.05, 0.1) is 0 Å². The highest BCUT2D eigenvalue weighted by atomic mass is 19.2. The Morgan fingerprint density at radius 3 is 2.46 bits per heavy atom. The van der Waals surface area contributed by atoms with Crippen LogP contribution < -0.4 is 14.8 Å². The summed E-state index contributed by atoms with van der Waals surface area (Å²) in [7, 11) is 0. The van der Waals surface area contributed by atoms with Crippen molar-refractivity contribution in [2.24, 2.45) is 0 Å². The number of hydrogen-bond donors (Lipinski definition) is 1. The monoisotopic (exact) mass is 361 g/mol. The number of carbonyl (C=O) groups excluding carboxylic acids is 2. The molecule has 0 unspecified atom stereocenters. The maximum absolute atomic E-state index is 13.1. The summed E-state index contributed by atoms with van der Waals surface area (Å²) in [5, 5.41) is 2.47. The number of nitrogens with one attached hydrogen (secondary N) is 1. The van der Waals surface area contributed by atoms with E-state index < -0.39 is 11.6 Å². The molecule has 0 spiro atoms. The molecule has 0 aliphatic carbocycles. The van der Waals surface area contributed by atoms with Crippen LogP contribution in [0.1, 0.15) is 29.6 Å². The lowest BCUT2D eigenvalue weighted by Gasteiger charge is -2.18. The molecule has 1 amide bonds. The van der Waals surface area contributed by atoms with Gasteiger partial charge in [-0.3, -0.25) is 9.59 Å². The number of benzene rings is 2. The van der Waals surface area contributed by atoms with E-state index in [9.17, 15) is 18.4 Å². The van der Waals surface area contributed by atoms with E-state index in [0.717, 1.165) is 12.1 Å². The molecule has 136 valence electrons. The number of ketones is 1. The molecule has 0 atom stereocenters. The number of Topliss-reactive ketones (excluding diaryl/α,β-unsaturated/α-hetero) is 1. The molecule has 0 aromatic heterocycles. The van der Waals surface area contributed by atoms with Gasteiger partial charge in [0.2, 0.25) is 5.91 Å². The van der Waals surface area contributed by atoms with Crippen molar-refractivity contribution < 1.29 is 27.8 Å². The number of amides is 1. The van der Waals surface area contributed by atoms with E-state index in [2.05, 4.69) is 5.32 Å². The Morgan fingerprint density at radius 1 is 0.923 bits per heavy atom. The summed E-state index contributed by atoms with van der Waals surface area (Å²) in [5.41, 5.74) is 0.669. The lowest BCUT2D eigenvalue weighted by molar-refractivity contribution is -0.116. The van der Waals surface area contributed by atoms with Crippen LogP contribution in [-0.2, 0) is 4.79 Å². The molecule has 1 N–H and O–H groups in total. The van der Waals surface area contributed by atoms with Crippen LogP contribution in [0.2, 0.25) is 0 Å². The van der Waals surface area contributed by atoms with E-state index in [4.69, 9.17) is 9.47 Å². The van der Waals surface area contributed by atoms with Gasteiger partial charge >= 0.3 is 0 Å². The standard InChI is InChI=1S/C19H17F2NO4/c20-14-6-5-13(11-15(14)21)22-19(24)3-1-2-16(23)12-4-7-17-18(10-12)26-9-8-25-17/h4-7,10-11H,1-3,8-9H2,(H,22,24). The van der Waals surface area contributed by atoms with Gasteiger partial charge in [0.1, 0.15) is 13.2 Å². The highest BCUT2D eigenvalue weighted by molar-refractivity contribution is 5.97. The van der Waals surface area contributed by atoms with E-state index in [1.54, 1.807) is 18.2 Å². The highest BCUT2D eigenvalue weighted by Crippen LogP contribution is 2.31. The molecule has 0 saturated carbocycles. The minimum Gasteiger partial charge on any atom is -0.486 e. The summed E-state index contributed by atoms with van der Waals surface area (Å²) >= 11 is 0. The minimum atomic E-state index is -1.03. The molecule has 3 rings (SSSR count). The zero-order chi connectivity index (χ0) is 18.5. The fraction of sp³-hybridized carbons (Fsp3) is 0.263. The Balaban J connectivity index is 1.48. The molecule has 26 heavy (non-hydrogen) atoms. The molecule has 2 aromatic carbocycles. The van der Waals surface area contributed by atoms with Crippen molar-refractivity contribution in [3.63, 3.8) is 0 Å². The van der Waals surface area contributed by atoms with Crippen LogP contribution in [0.5, 0.6) is 11.5 Å². The molecule has 1 aliphatic rings. The molecule has 0 fully saturated rings. The normalized spacial score (nSPS) is 12.5. The van der Waals surface area contributed by atoms with Crippen LogP contribution in [0.4, 0.5) is 14.5 Å². The van der Waals surface area contributed by atoms with E-state index in [0.29, 0.717) is 36.7 Å². The second kappa shape index (κ2) is 7.95. The second-order valence-corrected chi connectivity index (χ2v) is 5.81. The number of carbonyl (C=O) groups is 2. The van der Waals surface area contributed by atoms with Crippen LogP contribution in [-0.4, -0.2) is 24.9 Å². The summed E-state index contributed by atoms with van der Waals surface area (Å²) in [6, 6.07) is 8.12. The molecule has 7 heteroatoms. The number of ether oxygens (including phenoxy) is 2. The Labute approximate surface area is 148 Å². The Hall–Kier alpha value is -2.96. The van der Waals surface area contributed by atoms with Gasteiger partial charge in [-0.1, -0.05) is 0 Å².